The van der Waals surface area contributed by atoms with Gasteiger partial charge in [-0.1, -0.05) is 30.3 Å². The van der Waals surface area contributed by atoms with E-state index in [0.29, 0.717) is 18.9 Å². The van der Waals surface area contributed by atoms with Crippen molar-refractivity contribution in [2.45, 2.75) is 0 Å². The molecule has 0 aliphatic carbocycles. The molecular weight excluding hydrogens is 256 g/mol. The lowest BCUT2D eigenvalue weighted by Gasteiger charge is -2.23. The van der Waals surface area contributed by atoms with Gasteiger partial charge in [0, 0.05) is 18.5 Å². The number of aromatic carboxylic acids is 1. The van der Waals surface area contributed by atoms with Crippen LogP contribution in [0.5, 0.6) is 0 Å². The zero-order chi connectivity index (χ0) is 14.5. The van der Waals surface area contributed by atoms with Crippen LogP contribution in [0.1, 0.15) is 10.5 Å². The van der Waals surface area contributed by atoms with Crippen molar-refractivity contribution in [1.29, 1.82) is 0 Å². The highest BCUT2D eigenvalue weighted by molar-refractivity contribution is 5.98. The van der Waals surface area contributed by atoms with Crippen LogP contribution in [0.3, 0.4) is 0 Å². The summed E-state index contributed by atoms with van der Waals surface area (Å²) in [6, 6.07) is 9.00. The molecule has 0 amide bonds. The molecule has 0 aliphatic heterocycles. The van der Waals surface area contributed by atoms with Crippen molar-refractivity contribution in [1.82, 2.24) is 4.98 Å². The van der Waals surface area contributed by atoms with Crippen LogP contribution in [0, 0.1) is 0 Å². The Balaban J connectivity index is 2.64. The van der Waals surface area contributed by atoms with Gasteiger partial charge in [0.2, 0.25) is 0 Å². The predicted molar refractivity (Wildman–Crippen MR) is 78.2 cm³/mol. The van der Waals surface area contributed by atoms with Gasteiger partial charge in [0.15, 0.2) is 5.69 Å². The van der Waals surface area contributed by atoms with Crippen molar-refractivity contribution in [3.05, 3.63) is 48.7 Å². The Morgan fingerprint density at radius 1 is 1.40 bits per heavy atom. The molecule has 0 fully saturated rings. The molecule has 0 unspecified atom stereocenters. The first-order valence-electron chi connectivity index (χ1n) is 6.27. The van der Waals surface area contributed by atoms with E-state index in [4.69, 9.17) is 10.2 Å². The number of aromatic nitrogens is 1. The Bertz CT molecular complexity index is 640. The predicted octanol–water partition coefficient (Wildman–Crippen LogP) is 1.92. The Morgan fingerprint density at radius 2 is 2.15 bits per heavy atom. The summed E-state index contributed by atoms with van der Waals surface area (Å²) < 4.78 is 0. The molecule has 5 nitrogen and oxygen atoms in total. The summed E-state index contributed by atoms with van der Waals surface area (Å²) in [5, 5.41) is 20.0. The molecule has 2 rings (SSSR count). The highest BCUT2D eigenvalue weighted by Crippen LogP contribution is 2.25. The van der Waals surface area contributed by atoms with E-state index in [2.05, 4.69) is 11.6 Å². The van der Waals surface area contributed by atoms with E-state index in [-0.39, 0.29) is 12.3 Å². The fraction of sp³-hybridized carbons (Fsp3) is 0.200. The number of pyridine rings is 1. The van der Waals surface area contributed by atoms with E-state index in [1.54, 1.807) is 12.1 Å². The van der Waals surface area contributed by atoms with E-state index in [1.807, 2.05) is 29.2 Å². The van der Waals surface area contributed by atoms with Gasteiger partial charge < -0.3 is 15.1 Å². The zero-order valence-corrected chi connectivity index (χ0v) is 11.0. The summed E-state index contributed by atoms with van der Waals surface area (Å²) in [6.07, 6.45) is 1.69. The first kappa shape index (κ1) is 14.0. The van der Waals surface area contributed by atoms with Crippen molar-refractivity contribution in [2.24, 2.45) is 0 Å². The van der Waals surface area contributed by atoms with Crippen molar-refractivity contribution in [2.75, 3.05) is 24.6 Å². The molecule has 20 heavy (non-hydrogen) atoms. The molecule has 1 aromatic carbocycles. The summed E-state index contributed by atoms with van der Waals surface area (Å²) in [7, 11) is 0. The number of anilines is 1. The number of benzene rings is 1. The molecule has 1 aromatic heterocycles. The summed E-state index contributed by atoms with van der Waals surface area (Å²) in [5.41, 5.74) is -0.00861. The van der Waals surface area contributed by atoms with Gasteiger partial charge in [0.25, 0.3) is 0 Å². The maximum atomic E-state index is 11.2. The Labute approximate surface area is 116 Å². The number of aliphatic hydroxyl groups excluding tert-OH is 1. The second-order valence-corrected chi connectivity index (χ2v) is 4.32. The second-order valence-electron chi connectivity index (χ2n) is 4.32. The van der Waals surface area contributed by atoms with Gasteiger partial charge in [-0.15, -0.1) is 6.58 Å². The quantitative estimate of drug-likeness (QED) is 0.786. The highest BCUT2D eigenvalue weighted by atomic mass is 16.4. The number of carbonyl (C=O) groups is 1. The lowest BCUT2D eigenvalue weighted by molar-refractivity contribution is 0.0691. The van der Waals surface area contributed by atoms with Crippen LogP contribution in [0.2, 0.25) is 0 Å². The Morgan fingerprint density at radius 3 is 2.80 bits per heavy atom. The molecule has 104 valence electrons. The molecule has 2 aromatic rings. The molecule has 0 atom stereocenters. The summed E-state index contributed by atoms with van der Waals surface area (Å²) in [5.74, 6) is -0.519. The molecule has 5 heteroatoms. The SMILES string of the molecule is C=CCN(CCO)c1nc(C(=O)O)cc2ccccc12. The van der Waals surface area contributed by atoms with Gasteiger partial charge in [-0.25, -0.2) is 9.78 Å². The molecule has 0 saturated heterocycles. The number of rotatable bonds is 6. The summed E-state index contributed by atoms with van der Waals surface area (Å²) >= 11 is 0. The van der Waals surface area contributed by atoms with E-state index in [0.717, 1.165) is 10.8 Å². The van der Waals surface area contributed by atoms with Gasteiger partial charge in [0.05, 0.1) is 6.61 Å². The van der Waals surface area contributed by atoms with Crippen molar-refractivity contribution >= 4 is 22.6 Å². The number of aliphatic hydroxyl groups is 1. The fourth-order valence-electron chi connectivity index (χ4n) is 2.09. The lowest BCUT2D eigenvalue weighted by Crippen LogP contribution is -2.28. The third-order valence-electron chi connectivity index (χ3n) is 2.96. The van der Waals surface area contributed by atoms with Gasteiger partial charge >= 0.3 is 5.97 Å². The van der Waals surface area contributed by atoms with Crippen LogP contribution >= 0.6 is 0 Å². The molecular formula is C15H16N2O3. The smallest absolute Gasteiger partial charge is 0.354 e. The Hall–Kier alpha value is -2.40. The summed E-state index contributed by atoms with van der Waals surface area (Å²) in [6.45, 7) is 4.49. The zero-order valence-electron chi connectivity index (χ0n) is 11.0. The number of hydrogen-bond donors (Lipinski definition) is 2. The van der Waals surface area contributed by atoms with Gasteiger partial charge in [-0.3, -0.25) is 0 Å². The van der Waals surface area contributed by atoms with Crippen molar-refractivity contribution < 1.29 is 15.0 Å². The van der Waals surface area contributed by atoms with Crippen LogP contribution < -0.4 is 4.90 Å². The minimum Gasteiger partial charge on any atom is -0.477 e. The third kappa shape index (κ3) is 2.78. The standard InChI is InChI=1S/C15H16N2O3/c1-2-7-17(8-9-18)14-12-6-4-3-5-11(12)10-13(16-14)15(19)20/h2-6,10,18H,1,7-9H2,(H,19,20). The van der Waals surface area contributed by atoms with Crippen molar-refractivity contribution in [3.63, 3.8) is 0 Å². The fourth-order valence-corrected chi connectivity index (χ4v) is 2.09. The summed E-state index contributed by atoms with van der Waals surface area (Å²) in [4.78, 5) is 17.2. The first-order valence-corrected chi connectivity index (χ1v) is 6.27. The number of nitrogens with zero attached hydrogens (tertiary/aromatic N) is 2. The van der Waals surface area contributed by atoms with E-state index in [1.165, 1.54) is 0 Å². The maximum absolute atomic E-state index is 11.2. The van der Waals surface area contributed by atoms with Crippen LogP contribution in [-0.4, -0.2) is 40.9 Å². The van der Waals surface area contributed by atoms with Gasteiger partial charge in [-0.2, -0.15) is 0 Å². The van der Waals surface area contributed by atoms with Crippen LogP contribution in [-0.2, 0) is 0 Å². The number of hydrogen-bond acceptors (Lipinski definition) is 4. The lowest BCUT2D eigenvalue weighted by atomic mass is 10.1. The largest absolute Gasteiger partial charge is 0.477 e. The number of fused-ring (bicyclic) bond motifs is 1. The average Bonchev–Trinajstić information content (AvgIpc) is 2.46. The monoisotopic (exact) mass is 272 g/mol. The number of carboxylic acids is 1. The topological polar surface area (TPSA) is 73.7 Å². The molecule has 0 aliphatic rings. The van der Waals surface area contributed by atoms with E-state index >= 15 is 0 Å². The molecule has 0 bridgehead atoms. The molecule has 2 N–H and O–H groups in total. The van der Waals surface area contributed by atoms with Crippen LogP contribution in [0.25, 0.3) is 10.8 Å². The number of carboxylic acid groups (broad SMARTS) is 1. The molecule has 0 spiro atoms. The molecule has 1 heterocycles. The minimum atomic E-state index is -1.07. The van der Waals surface area contributed by atoms with Crippen LogP contribution in [0.4, 0.5) is 5.82 Å². The highest BCUT2D eigenvalue weighted by Gasteiger charge is 2.15. The average molecular weight is 272 g/mol. The van der Waals surface area contributed by atoms with Gasteiger partial charge in [0.1, 0.15) is 5.82 Å². The van der Waals surface area contributed by atoms with E-state index in [9.17, 15) is 4.79 Å². The first-order chi connectivity index (χ1) is 9.67. The second kappa shape index (κ2) is 6.16. The van der Waals surface area contributed by atoms with Gasteiger partial charge in [-0.05, 0) is 11.5 Å². The molecule has 0 radical (unpaired) electrons. The normalized spacial score (nSPS) is 10.4. The maximum Gasteiger partial charge on any atom is 0.354 e. The van der Waals surface area contributed by atoms with Crippen LogP contribution in [0.15, 0.2) is 43.0 Å². The van der Waals surface area contributed by atoms with E-state index < -0.39 is 5.97 Å². The minimum absolute atomic E-state index is 0.00861. The molecule has 0 saturated carbocycles. The van der Waals surface area contributed by atoms with Crippen molar-refractivity contribution in [3.8, 4) is 0 Å². The third-order valence-corrected chi connectivity index (χ3v) is 2.96. The Kier molecular flexibility index (Phi) is 4.32.